The first-order valence-electron chi connectivity index (χ1n) is 6.26. The summed E-state index contributed by atoms with van der Waals surface area (Å²) in [6.07, 6.45) is 0. The molecule has 0 radical (unpaired) electrons. The molecule has 2 aromatic rings. The van der Waals surface area contributed by atoms with Crippen LogP contribution in [0.15, 0.2) is 35.7 Å². The quantitative estimate of drug-likeness (QED) is 0.920. The molecule has 0 aliphatic carbocycles. The van der Waals surface area contributed by atoms with Crippen molar-refractivity contribution in [1.29, 1.82) is 0 Å². The van der Waals surface area contributed by atoms with E-state index in [0.717, 1.165) is 12.2 Å². The molecule has 0 aliphatic rings. The van der Waals surface area contributed by atoms with Gasteiger partial charge in [0.2, 0.25) is 0 Å². The first-order valence-corrected chi connectivity index (χ1v) is 7.14. The summed E-state index contributed by atoms with van der Waals surface area (Å²) in [4.78, 5) is 14.8. The fraction of sp³-hybridized carbons (Fsp3) is 0.267. The average Bonchev–Trinajstić information content (AvgIpc) is 2.89. The number of nitrogens with zero attached hydrogens (tertiary/aromatic N) is 1. The van der Waals surface area contributed by atoms with E-state index in [-0.39, 0.29) is 5.91 Å². The van der Waals surface area contributed by atoms with Crippen LogP contribution in [0, 0.1) is 0 Å². The van der Waals surface area contributed by atoms with Crippen LogP contribution in [0.3, 0.4) is 0 Å². The van der Waals surface area contributed by atoms with Crippen LogP contribution in [0.2, 0.25) is 0 Å². The van der Waals surface area contributed by atoms with Gasteiger partial charge in [-0.25, -0.2) is 0 Å². The van der Waals surface area contributed by atoms with Crippen molar-refractivity contribution in [2.75, 3.05) is 26.5 Å². The van der Waals surface area contributed by atoms with E-state index in [1.807, 2.05) is 43.7 Å². The Kier molecular flexibility index (Phi) is 4.76. The lowest BCUT2D eigenvalue weighted by molar-refractivity contribution is 0.103. The lowest BCUT2D eigenvalue weighted by Crippen LogP contribution is -2.12. The van der Waals surface area contributed by atoms with Gasteiger partial charge in [0.1, 0.15) is 5.75 Å². The van der Waals surface area contributed by atoms with Crippen LogP contribution in [0.1, 0.15) is 15.2 Å². The van der Waals surface area contributed by atoms with Crippen LogP contribution in [0.25, 0.3) is 0 Å². The third kappa shape index (κ3) is 3.82. The highest BCUT2D eigenvalue weighted by atomic mass is 32.1. The zero-order valence-electron chi connectivity index (χ0n) is 11.8. The van der Waals surface area contributed by atoms with Gasteiger partial charge in [-0.2, -0.15) is 0 Å². The van der Waals surface area contributed by atoms with E-state index in [1.165, 1.54) is 16.9 Å². The number of thiophene rings is 1. The topological polar surface area (TPSA) is 41.6 Å². The van der Waals surface area contributed by atoms with Gasteiger partial charge in [-0.05, 0) is 31.8 Å². The molecule has 5 heteroatoms. The molecule has 0 aliphatic heterocycles. The van der Waals surface area contributed by atoms with Gasteiger partial charge in [0.25, 0.3) is 5.91 Å². The molecule has 0 unspecified atom stereocenters. The van der Waals surface area contributed by atoms with Crippen molar-refractivity contribution in [3.05, 3.63) is 46.2 Å². The second-order valence-corrected chi connectivity index (χ2v) is 5.65. The minimum atomic E-state index is -0.112. The van der Waals surface area contributed by atoms with Crippen LogP contribution < -0.4 is 10.1 Å². The van der Waals surface area contributed by atoms with E-state index >= 15 is 0 Å². The molecule has 0 atom stereocenters. The maximum atomic E-state index is 12.0. The number of anilines is 1. The average molecular weight is 290 g/mol. The van der Waals surface area contributed by atoms with Gasteiger partial charge in [0.05, 0.1) is 12.0 Å². The molecular weight excluding hydrogens is 272 g/mol. The highest BCUT2D eigenvalue weighted by Crippen LogP contribution is 2.22. The molecule has 0 fully saturated rings. The number of hydrogen-bond donors (Lipinski definition) is 1. The Labute approximate surface area is 123 Å². The Balaban J connectivity index is 2.00. The van der Waals surface area contributed by atoms with Crippen molar-refractivity contribution < 1.29 is 9.53 Å². The molecule has 1 aromatic carbocycles. The van der Waals surface area contributed by atoms with Crippen molar-refractivity contribution in [2.45, 2.75) is 6.54 Å². The zero-order chi connectivity index (χ0) is 14.5. The molecule has 4 nitrogen and oxygen atoms in total. The first-order chi connectivity index (χ1) is 9.58. The van der Waals surface area contributed by atoms with Crippen LogP contribution in [-0.2, 0) is 6.54 Å². The summed E-state index contributed by atoms with van der Waals surface area (Å²) in [6, 6.07) is 9.61. The second-order valence-electron chi connectivity index (χ2n) is 4.74. The molecule has 0 saturated heterocycles. The number of rotatable bonds is 5. The van der Waals surface area contributed by atoms with Gasteiger partial charge in [0.15, 0.2) is 0 Å². The third-order valence-electron chi connectivity index (χ3n) is 2.75. The molecule has 2 rings (SSSR count). The van der Waals surface area contributed by atoms with Crippen molar-refractivity contribution in [1.82, 2.24) is 4.90 Å². The molecule has 0 bridgehead atoms. The van der Waals surface area contributed by atoms with Gasteiger partial charge in [0, 0.05) is 23.7 Å². The SMILES string of the molecule is COc1csc(C(=O)Nc2ccc(CN(C)C)cc2)c1. The van der Waals surface area contributed by atoms with E-state index in [2.05, 4.69) is 10.2 Å². The Hall–Kier alpha value is -1.85. The van der Waals surface area contributed by atoms with Crippen LogP contribution in [0.4, 0.5) is 5.69 Å². The maximum Gasteiger partial charge on any atom is 0.265 e. The minimum Gasteiger partial charge on any atom is -0.496 e. The van der Waals surface area contributed by atoms with Crippen LogP contribution >= 0.6 is 11.3 Å². The standard InChI is InChI=1S/C15H18N2O2S/c1-17(2)9-11-4-6-12(7-5-11)16-15(18)14-8-13(19-3)10-20-14/h4-8,10H,9H2,1-3H3,(H,16,18). The lowest BCUT2D eigenvalue weighted by atomic mass is 10.2. The van der Waals surface area contributed by atoms with Gasteiger partial charge in [-0.1, -0.05) is 12.1 Å². The molecule has 1 aromatic heterocycles. The fourth-order valence-electron chi connectivity index (χ4n) is 1.80. The number of benzene rings is 1. The Morgan fingerprint density at radius 2 is 2.00 bits per heavy atom. The van der Waals surface area contributed by atoms with Gasteiger partial charge < -0.3 is 15.0 Å². The number of ether oxygens (including phenoxy) is 1. The van der Waals surface area contributed by atoms with Crippen molar-refractivity contribution in [3.63, 3.8) is 0 Å². The van der Waals surface area contributed by atoms with Crippen molar-refractivity contribution >= 4 is 22.9 Å². The van der Waals surface area contributed by atoms with E-state index < -0.39 is 0 Å². The number of nitrogens with one attached hydrogen (secondary N) is 1. The summed E-state index contributed by atoms with van der Waals surface area (Å²) in [5.74, 6) is 0.597. The highest BCUT2D eigenvalue weighted by Gasteiger charge is 2.09. The first kappa shape index (κ1) is 14.6. The minimum absolute atomic E-state index is 0.112. The number of hydrogen-bond acceptors (Lipinski definition) is 4. The summed E-state index contributed by atoms with van der Waals surface area (Å²) in [6.45, 7) is 0.885. The summed E-state index contributed by atoms with van der Waals surface area (Å²) >= 11 is 1.37. The summed E-state index contributed by atoms with van der Waals surface area (Å²) in [7, 11) is 5.65. The Bertz CT molecular complexity index is 576. The molecule has 0 spiro atoms. The molecule has 1 amide bonds. The van der Waals surface area contributed by atoms with Crippen molar-refractivity contribution in [3.8, 4) is 5.75 Å². The normalized spacial score (nSPS) is 10.6. The summed E-state index contributed by atoms with van der Waals surface area (Å²) < 4.78 is 5.07. The fourth-order valence-corrected chi connectivity index (χ4v) is 2.55. The molecule has 106 valence electrons. The van der Waals surface area contributed by atoms with Gasteiger partial charge in [-0.15, -0.1) is 11.3 Å². The van der Waals surface area contributed by atoms with Gasteiger partial charge >= 0.3 is 0 Å². The molecule has 1 heterocycles. The smallest absolute Gasteiger partial charge is 0.265 e. The monoisotopic (exact) mass is 290 g/mol. The molecule has 0 saturated carbocycles. The van der Waals surface area contributed by atoms with E-state index in [9.17, 15) is 4.79 Å². The number of amides is 1. The predicted molar refractivity (Wildman–Crippen MR) is 82.7 cm³/mol. The molecular formula is C15H18N2O2S. The van der Waals surface area contributed by atoms with E-state index in [0.29, 0.717) is 10.6 Å². The second kappa shape index (κ2) is 6.54. The van der Waals surface area contributed by atoms with Crippen LogP contribution in [0.5, 0.6) is 5.75 Å². The predicted octanol–water partition coefficient (Wildman–Crippen LogP) is 3.07. The zero-order valence-corrected chi connectivity index (χ0v) is 12.7. The van der Waals surface area contributed by atoms with Crippen LogP contribution in [-0.4, -0.2) is 32.0 Å². The van der Waals surface area contributed by atoms with E-state index in [1.54, 1.807) is 13.2 Å². The number of carbonyl (C=O) groups is 1. The highest BCUT2D eigenvalue weighted by molar-refractivity contribution is 7.12. The number of methoxy groups -OCH3 is 1. The van der Waals surface area contributed by atoms with Crippen molar-refractivity contribution in [2.24, 2.45) is 0 Å². The van der Waals surface area contributed by atoms with Gasteiger partial charge in [-0.3, -0.25) is 4.79 Å². The molecule has 1 N–H and O–H groups in total. The maximum absolute atomic E-state index is 12.0. The largest absolute Gasteiger partial charge is 0.496 e. The lowest BCUT2D eigenvalue weighted by Gasteiger charge is -2.10. The Morgan fingerprint density at radius 3 is 2.55 bits per heavy atom. The summed E-state index contributed by atoms with van der Waals surface area (Å²) in [5.41, 5.74) is 2.01. The van der Waals surface area contributed by atoms with E-state index in [4.69, 9.17) is 4.74 Å². The molecule has 20 heavy (non-hydrogen) atoms. The number of carbonyl (C=O) groups excluding carboxylic acids is 1. The summed E-state index contributed by atoms with van der Waals surface area (Å²) in [5, 5.41) is 4.69. The Morgan fingerprint density at radius 1 is 1.30 bits per heavy atom. The third-order valence-corrected chi connectivity index (χ3v) is 3.65.